The van der Waals surface area contributed by atoms with Gasteiger partial charge in [-0.3, -0.25) is 4.79 Å². The van der Waals surface area contributed by atoms with Crippen molar-refractivity contribution >= 4 is 11.9 Å². The van der Waals surface area contributed by atoms with Gasteiger partial charge in [0.1, 0.15) is 11.2 Å². The van der Waals surface area contributed by atoms with Gasteiger partial charge in [0.2, 0.25) is 0 Å². The largest absolute Gasteiger partial charge is 0.460 e. The number of rotatable bonds is 8. The Bertz CT molecular complexity index is 459. The van der Waals surface area contributed by atoms with Crippen LogP contribution in [-0.4, -0.2) is 42.6 Å². The van der Waals surface area contributed by atoms with E-state index in [1.807, 2.05) is 0 Å². The van der Waals surface area contributed by atoms with E-state index >= 15 is 0 Å². The van der Waals surface area contributed by atoms with Crippen molar-refractivity contribution < 1.29 is 28.5 Å². The van der Waals surface area contributed by atoms with Crippen molar-refractivity contribution in [3.63, 3.8) is 0 Å². The first kappa shape index (κ1) is 20.6. The van der Waals surface area contributed by atoms with Gasteiger partial charge in [-0.1, -0.05) is 6.58 Å². The molecule has 1 rings (SSSR count). The average molecular weight is 342 g/mol. The quantitative estimate of drug-likeness (QED) is 0.498. The molecule has 24 heavy (non-hydrogen) atoms. The minimum atomic E-state index is -1.02. The summed E-state index contributed by atoms with van der Waals surface area (Å²) in [5.74, 6) is -0.949. The predicted octanol–water partition coefficient (Wildman–Crippen LogP) is 3.14. The van der Waals surface area contributed by atoms with Crippen molar-refractivity contribution in [1.82, 2.24) is 0 Å². The molecule has 1 saturated heterocycles. The van der Waals surface area contributed by atoms with E-state index < -0.39 is 23.1 Å². The van der Waals surface area contributed by atoms with Crippen molar-refractivity contribution in [2.75, 3.05) is 13.2 Å². The van der Waals surface area contributed by atoms with Crippen LogP contribution in [0.1, 0.15) is 60.3 Å². The molecule has 0 radical (unpaired) electrons. The minimum Gasteiger partial charge on any atom is -0.460 e. The maximum atomic E-state index is 12.1. The van der Waals surface area contributed by atoms with E-state index in [9.17, 15) is 9.59 Å². The predicted molar refractivity (Wildman–Crippen MR) is 89.3 cm³/mol. The third kappa shape index (κ3) is 7.93. The molecule has 0 bridgehead atoms. The molecule has 6 heteroatoms. The van der Waals surface area contributed by atoms with Crippen molar-refractivity contribution in [1.29, 1.82) is 0 Å². The van der Waals surface area contributed by atoms with Crippen LogP contribution in [-0.2, 0) is 28.5 Å². The SMILES string of the molecule is C=C(C)C(=O)OC(C)(CCOC1CCCO1)CC(=O)OC(C)(C)C. The van der Waals surface area contributed by atoms with E-state index in [0.717, 1.165) is 12.8 Å². The Hall–Kier alpha value is -1.40. The summed E-state index contributed by atoms with van der Waals surface area (Å²) in [5, 5.41) is 0. The van der Waals surface area contributed by atoms with E-state index in [4.69, 9.17) is 18.9 Å². The normalized spacial score (nSPS) is 20.3. The third-order valence-electron chi connectivity index (χ3n) is 3.45. The monoisotopic (exact) mass is 342 g/mol. The van der Waals surface area contributed by atoms with Crippen LogP contribution in [0.5, 0.6) is 0 Å². The first-order valence-corrected chi connectivity index (χ1v) is 8.35. The maximum absolute atomic E-state index is 12.1. The number of ether oxygens (including phenoxy) is 4. The van der Waals surface area contributed by atoms with Crippen LogP contribution in [0.25, 0.3) is 0 Å². The van der Waals surface area contributed by atoms with Crippen LogP contribution in [0.15, 0.2) is 12.2 Å². The first-order chi connectivity index (χ1) is 11.0. The van der Waals surface area contributed by atoms with E-state index in [-0.39, 0.29) is 18.3 Å². The Kier molecular flexibility index (Phi) is 7.42. The zero-order valence-electron chi connectivity index (χ0n) is 15.5. The molecular formula is C18H30O6. The van der Waals surface area contributed by atoms with Gasteiger partial charge in [0.05, 0.1) is 13.0 Å². The molecule has 138 valence electrons. The Morgan fingerprint density at radius 3 is 2.38 bits per heavy atom. The van der Waals surface area contributed by atoms with Gasteiger partial charge >= 0.3 is 11.9 Å². The maximum Gasteiger partial charge on any atom is 0.333 e. The molecule has 0 aromatic heterocycles. The van der Waals surface area contributed by atoms with Gasteiger partial charge in [0.15, 0.2) is 6.29 Å². The number of carbonyl (C=O) groups excluding carboxylic acids is 2. The Morgan fingerprint density at radius 1 is 1.21 bits per heavy atom. The summed E-state index contributed by atoms with van der Waals surface area (Å²) in [6.07, 6.45) is 1.94. The smallest absolute Gasteiger partial charge is 0.333 e. The van der Waals surface area contributed by atoms with E-state index in [1.165, 1.54) is 0 Å². The molecule has 1 fully saturated rings. The van der Waals surface area contributed by atoms with Crippen LogP contribution in [0.2, 0.25) is 0 Å². The number of esters is 2. The van der Waals surface area contributed by atoms with Crippen LogP contribution in [0.4, 0.5) is 0 Å². The van der Waals surface area contributed by atoms with E-state index in [0.29, 0.717) is 19.6 Å². The summed E-state index contributed by atoms with van der Waals surface area (Å²) >= 11 is 0. The molecule has 6 nitrogen and oxygen atoms in total. The Morgan fingerprint density at radius 2 is 1.88 bits per heavy atom. The summed E-state index contributed by atoms with van der Waals surface area (Å²) in [6.45, 7) is 13.3. The molecular weight excluding hydrogens is 312 g/mol. The molecule has 2 atom stereocenters. The van der Waals surface area contributed by atoms with Gasteiger partial charge in [-0.25, -0.2) is 4.79 Å². The lowest BCUT2D eigenvalue weighted by Gasteiger charge is -2.30. The molecule has 1 heterocycles. The van der Waals surface area contributed by atoms with Gasteiger partial charge in [-0.05, 0) is 41.0 Å². The Labute approximate surface area is 144 Å². The van der Waals surface area contributed by atoms with Gasteiger partial charge in [0.25, 0.3) is 0 Å². The first-order valence-electron chi connectivity index (χ1n) is 8.35. The number of hydrogen-bond acceptors (Lipinski definition) is 6. The zero-order valence-corrected chi connectivity index (χ0v) is 15.5. The summed E-state index contributed by atoms with van der Waals surface area (Å²) in [5.41, 5.74) is -1.33. The highest BCUT2D eigenvalue weighted by Gasteiger charge is 2.34. The summed E-state index contributed by atoms with van der Waals surface area (Å²) < 4.78 is 21.9. The van der Waals surface area contributed by atoms with Crippen molar-refractivity contribution in [3.8, 4) is 0 Å². The lowest BCUT2D eigenvalue weighted by Crippen LogP contribution is -2.38. The zero-order chi connectivity index (χ0) is 18.4. The molecule has 1 aliphatic rings. The molecule has 1 aliphatic heterocycles. The fraction of sp³-hybridized carbons (Fsp3) is 0.778. The highest BCUT2D eigenvalue weighted by Crippen LogP contribution is 2.25. The summed E-state index contributed by atoms with van der Waals surface area (Å²) in [4.78, 5) is 24.0. The molecule has 0 amide bonds. The fourth-order valence-corrected chi connectivity index (χ4v) is 2.26. The second-order valence-electron chi connectivity index (χ2n) is 7.45. The number of hydrogen-bond donors (Lipinski definition) is 0. The molecule has 0 spiro atoms. The summed E-state index contributed by atoms with van der Waals surface area (Å²) in [7, 11) is 0. The Balaban J connectivity index is 2.64. The van der Waals surface area contributed by atoms with E-state index in [1.54, 1.807) is 34.6 Å². The lowest BCUT2D eigenvalue weighted by molar-refractivity contribution is -0.171. The van der Waals surface area contributed by atoms with Crippen molar-refractivity contribution in [2.45, 2.75) is 77.8 Å². The van der Waals surface area contributed by atoms with Crippen LogP contribution in [0.3, 0.4) is 0 Å². The van der Waals surface area contributed by atoms with Crippen LogP contribution in [0, 0.1) is 0 Å². The third-order valence-corrected chi connectivity index (χ3v) is 3.45. The van der Waals surface area contributed by atoms with Gasteiger partial charge in [-0.2, -0.15) is 0 Å². The van der Waals surface area contributed by atoms with E-state index in [2.05, 4.69) is 6.58 Å². The topological polar surface area (TPSA) is 71.1 Å². The molecule has 0 N–H and O–H groups in total. The van der Waals surface area contributed by atoms with Crippen LogP contribution >= 0.6 is 0 Å². The van der Waals surface area contributed by atoms with Gasteiger partial charge in [-0.15, -0.1) is 0 Å². The highest BCUT2D eigenvalue weighted by molar-refractivity contribution is 5.87. The van der Waals surface area contributed by atoms with Crippen molar-refractivity contribution in [3.05, 3.63) is 12.2 Å². The number of carbonyl (C=O) groups is 2. The minimum absolute atomic E-state index is 0.0435. The standard InChI is InChI=1S/C18H30O6/c1-13(2)16(20)24-18(6,12-14(19)23-17(3,4)5)9-11-22-15-8-7-10-21-15/h15H,1,7-12H2,2-6H3. The molecule has 0 aliphatic carbocycles. The second-order valence-corrected chi connectivity index (χ2v) is 7.45. The van der Waals surface area contributed by atoms with Gasteiger partial charge in [0, 0.05) is 25.0 Å². The lowest BCUT2D eigenvalue weighted by atomic mass is 9.97. The fourth-order valence-electron chi connectivity index (χ4n) is 2.26. The molecule has 0 saturated carbocycles. The summed E-state index contributed by atoms with van der Waals surface area (Å²) in [6, 6.07) is 0. The average Bonchev–Trinajstić information content (AvgIpc) is 2.88. The second kappa shape index (κ2) is 8.62. The van der Waals surface area contributed by atoms with Crippen LogP contribution < -0.4 is 0 Å². The molecule has 0 aromatic rings. The van der Waals surface area contributed by atoms with Gasteiger partial charge < -0.3 is 18.9 Å². The van der Waals surface area contributed by atoms with Crippen molar-refractivity contribution in [2.24, 2.45) is 0 Å². The highest BCUT2D eigenvalue weighted by atomic mass is 16.7. The molecule has 2 unspecified atom stereocenters. The molecule has 0 aromatic carbocycles.